The monoisotopic (exact) mass is 288 g/mol. The van der Waals surface area contributed by atoms with E-state index in [9.17, 15) is 9.18 Å². The van der Waals surface area contributed by atoms with Gasteiger partial charge < -0.3 is 9.88 Å². The Balaban J connectivity index is 2.37. The Bertz CT molecular complexity index is 647. The summed E-state index contributed by atoms with van der Waals surface area (Å²) in [6.45, 7) is 6.10. The number of hydrogen-bond donors (Lipinski definition) is 1. The van der Waals surface area contributed by atoms with Gasteiger partial charge >= 0.3 is 0 Å². The summed E-state index contributed by atoms with van der Waals surface area (Å²) in [5, 5.41) is 3.25. The first-order valence-corrected chi connectivity index (χ1v) is 7.36. The number of pyridine rings is 1. The zero-order valence-corrected chi connectivity index (χ0v) is 12.5. The molecule has 0 aliphatic heterocycles. The molecule has 4 heteroatoms. The van der Waals surface area contributed by atoms with E-state index in [4.69, 9.17) is 0 Å². The molecule has 0 saturated heterocycles. The maximum absolute atomic E-state index is 13.0. The van der Waals surface area contributed by atoms with Crippen LogP contribution in [0.2, 0.25) is 0 Å². The lowest BCUT2D eigenvalue weighted by atomic mass is 10.1. The van der Waals surface area contributed by atoms with Crippen LogP contribution in [0.1, 0.15) is 25.8 Å². The van der Waals surface area contributed by atoms with E-state index in [0.29, 0.717) is 13.1 Å². The van der Waals surface area contributed by atoms with Gasteiger partial charge in [0.1, 0.15) is 5.82 Å². The molecule has 0 atom stereocenters. The molecule has 0 fully saturated rings. The third kappa shape index (κ3) is 3.58. The molecule has 1 N–H and O–H groups in total. The van der Waals surface area contributed by atoms with Crippen molar-refractivity contribution in [2.24, 2.45) is 0 Å². The molecule has 2 aromatic rings. The molecule has 3 nitrogen and oxygen atoms in total. The molecular weight excluding hydrogens is 267 g/mol. The van der Waals surface area contributed by atoms with Crippen molar-refractivity contribution in [2.45, 2.75) is 33.4 Å². The van der Waals surface area contributed by atoms with Crippen molar-refractivity contribution < 1.29 is 4.39 Å². The number of nitrogens with zero attached hydrogens (tertiary/aromatic N) is 1. The molecule has 0 aliphatic rings. The summed E-state index contributed by atoms with van der Waals surface area (Å²) in [5.41, 5.74) is 2.45. The van der Waals surface area contributed by atoms with Gasteiger partial charge in [0, 0.05) is 18.7 Å². The van der Waals surface area contributed by atoms with Crippen LogP contribution in [0.5, 0.6) is 0 Å². The highest BCUT2D eigenvalue weighted by Gasteiger charge is 2.09. The third-order valence-corrected chi connectivity index (χ3v) is 3.45. The molecule has 0 amide bonds. The lowest BCUT2D eigenvalue weighted by molar-refractivity contribution is 0.627. The van der Waals surface area contributed by atoms with Crippen LogP contribution >= 0.6 is 0 Å². The minimum absolute atomic E-state index is 0.0166. The Kier molecular flexibility index (Phi) is 5.28. The fourth-order valence-electron chi connectivity index (χ4n) is 2.34. The molecule has 0 aliphatic carbocycles. The Morgan fingerprint density at radius 2 is 1.81 bits per heavy atom. The van der Waals surface area contributed by atoms with Crippen LogP contribution in [0.4, 0.5) is 4.39 Å². The van der Waals surface area contributed by atoms with E-state index in [1.807, 2.05) is 19.1 Å². The zero-order valence-electron chi connectivity index (χ0n) is 12.5. The van der Waals surface area contributed by atoms with E-state index in [2.05, 4.69) is 12.2 Å². The molecular formula is C17H21FN2O. The molecule has 1 aromatic heterocycles. The van der Waals surface area contributed by atoms with E-state index in [0.717, 1.165) is 29.8 Å². The normalized spacial score (nSPS) is 10.8. The SMILES string of the molecule is CCCNCc1ccc(-c2ccc(F)cc2)n(CC)c1=O. The molecule has 0 spiro atoms. The fraction of sp³-hybridized carbons (Fsp3) is 0.353. The maximum Gasteiger partial charge on any atom is 0.255 e. The lowest BCUT2D eigenvalue weighted by Crippen LogP contribution is -2.28. The van der Waals surface area contributed by atoms with Gasteiger partial charge in [0.15, 0.2) is 0 Å². The minimum Gasteiger partial charge on any atom is -0.312 e. The smallest absolute Gasteiger partial charge is 0.255 e. The van der Waals surface area contributed by atoms with Gasteiger partial charge in [0.05, 0.1) is 5.69 Å². The predicted molar refractivity (Wildman–Crippen MR) is 83.8 cm³/mol. The first kappa shape index (κ1) is 15.4. The van der Waals surface area contributed by atoms with Crippen LogP contribution in [0.25, 0.3) is 11.3 Å². The Morgan fingerprint density at radius 3 is 2.43 bits per heavy atom. The topological polar surface area (TPSA) is 34.0 Å². The quantitative estimate of drug-likeness (QED) is 0.828. The number of nitrogens with one attached hydrogen (secondary N) is 1. The van der Waals surface area contributed by atoms with Gasteiger partial charge in [-0.3, -0.25) is 4.79 Å². The van der Waals surface area contributed by atoms with E-state index < -0.39 is 0 Å². The van der Waals surface area contributed by atoms with Gasteiger partial charge in [-0.15, -0.1) is 0 Å². The number of rotatable bonds is 6. The Morgan fingerprint density at radius 1 is 1.10 bits per heavy atom. The van der Waals surface area contributed by atoms with Crippen molar-refractivity contribution in [3.8, 4) is 11.3 Å². The summed E-state index contributed by atoms with van der Waals surface area (Å²) < 4.78 is 14.8. The second-order valence-corrected chi connectivity index (χ2v) is 4.98. The second kappa shape index (κ2) is 7.18. The summed E-state index contributed by atoms with van der Waals surface area (Å²) in [6, 6.07) is 10.0. The highest BCUT2D eigenvalue weighted by Crippen LogP contribution is 2.18. The second-order valence-electron chi connectivity index (χ2n) is 4.98. The van der Waals surface area contributed by atoms with Gasteiger partial charge in [-0.2, -0.15) is 0 Å². The van der Waals surface area contributed by atoms with Crippen LogP contribution in [-0.4, -0.2) is 11.1 Å². The first-order valence-electron chi connectivity index (χ1n) is 7.36. The molecule has 2 rings (SSSR count). The summed E-state index contributed by atoms with van der Waals surface area (Å²) in [7, 11) is 0. The van der Waals surface area contributed by atoms with Gasteiger partial charge in [0.25, 0.3) is 5.56 Å². The van der Waals surface area contributed by atoms with Gasteiger partial charge in [-0.25, -0.2) is 4.39 Å². The van der Waals surface area contributed by atoms with Crippen molar-refractivity contribution in [2.75, 3.05) is 6.54 Å². The minimum atomic E-state index is -0.274. The van der Waals surface area contributed by atoms with Crippen molar-refractivity contribution in [3.05, 3.63) is 58.1 Å². The van der Waals surface area contributed by atoms with Crippen molar-refractivity contribution >= 4 is 0 Å². The van der Waals surface area contributed by atoms with Gasteiger partial charge in [0.2, 0.25) is 0 Å². The number of hydrogen-bond acceptors (Lipinski definition) is 2. The highest BCUT2D eigenvalue weighted by molar-refractivity contribution is 5.59. The van der Waals surface area contributed by atoms with Gasteiger partial charge in [-0.05, 0) is 55.8 Å². The highest BCUT2D eigenvalue weighted by atomic mass is 19.1. The lowest BCUT2D eigenvalue weighted by Gasteiger charge is -2.13. The average Bonchev–Trinajstić information content (AvgIpc) is 2.50. The van der Waals surface area contributed by atoms with Crippen molar-refractivity contribution in [1.29, 1.82) is 0 Å². The maximum atomic E-state index is 13.0. The summed E-state index contributed by atoms with van der Waals surface area (Å²) in [6.07, 6.45) is 1.04. The number of halogens is 1. The van der Waals surface area contributed by atoms with Crippen LogP contribution in [0.3, 0.4) is 0 Å². The largest absolute Gasteiger partial charge is 0.312 e. The summed E-state index contributed by atoms with van der Waals surface area (Å²) >= 11 is 0. The summed E-state index contributed by atoms with van der Waals surface area (Å²) in [4.78, 5) is 12.5. The van der Waals surface area contributed by atoms with E-state index >= 15 is 0 Å². The molecule has 112 valence electrons. The van der Waals surface area contributed by atoms with Gasteiger partial charge in [-0.1, -0.05) is 13.0 Å². The molecule has 1 heterocycles. The molecule has 0 saturated carbocycles. The standard InChI is InChI=1S/C17H21FN2O/c1-3-11-19-12-14-7-10-16(20(4-2)17(14)21)13-5-8-15(18)9-6-13/h5-10,19H,3-4,11-12H2,1-2H3. The van der Waals surface area contributed by atoms with Crippen molar-refractivity contribution in [1.82, 2.24) is 9.88 Å². The Hall–Kier alpha value is -1.94. The zero-order chi connectivity index (χ0) is 15.2. The average molecular weight is 288 g/mol. The van der Waals surface area contributed by atoms with E-state index in [1.165, 1.54) is 12.1 Å². The third-order valence-electron chi connectivity index (χ3n) is 3.45. The summed E-state index contributed by atoms with van der Waals surface area (Å²) in [5.74, 6) is -0.274. The van der Waals surface area contributed by atoms with Crippen LogP contribution in [0, 0.1) is 5.82 Å². The van der Waals surface area contributed by atoms with Crippen LogP contribution in [-0.2, 0) is 13.1 Å². The number of aromatic nitrogens is 1. The molecule has 21 heavy (non-hydrogen) atoms. The molecule has 0 radical (unpaired) electrons. The molecule has 0 unspecified atom stereocenters. The predicted octanol–water partition coefficient (Wildman–Crippen LogP) is 3.17. The number of benzene rings is 1. The van der Waals surface area contributed by atoms with E-state index in [1.54, 1.807) is 16.7 Å². The molecule has 0 bridgehead atoms. The first-order chi connectivity index (χ1) is 10.2. The fourth-order valence-corrected chi connectivity index (χ4v) is 2.34. The van der Waals surface area contributed by atoms with Crippen LogP contribution in [0.15, 0.2) is 41.2 Å². The molecule has 1 aromatic carbocycles. The van der Waals surface area contributed by atoms with Crippen molar-refractivity contribution in [3.63, 3.8) is 0 Å². The van der Waals surface area contributed by atoms with E-state index in [-0.39, 0.29) is 11.4 Å². The van der Waals surface area contributed by atoms with Crippen LogP contribution < -0.4 is 10.9 Å². The Labute approximate surface area is 124 Å².